The number of nitrogens with zero attached hydrogens (tertiary/aromatic N) is 1. The molecule has 1 aliphatic carbocycles. The number of allylic oxidation sites excluding steroid dienone is 1. The van der Waals surface area contributed by atoms with Crippen LogP contribution >= 0.6 is 0 Å². The highest BCUT2D eigenvalue weighted by Gasteiger charge is 2.36. The van der Waals surface area contributed by atoms with Crippen molar-refractivity contribution in [2.45, 2.75) is 38.6 Å². The van der Waals surface area contributed by atoms with Crippen molar-refractivity contribution in [2.24, 2.45) is 11.1 Å². The number of nitrogens with one attached hydrogen (secondary N) is 1. The standard InChI is InChI=1S/C11H20N2O/c1-8(2)9-5-6-10(13-14)11(3,7-9)12-4/h9,12,14H,1,5-7H2,2-4H3/b13-10-. The van der Waals surface area contributed by atoms with E-state index >= 15 is 0 Å². The van der Waals surface area contributed by atoms with Gasteiger partial charge in [-0.3, -0.25) is 0 Å². The molecule has 2 unspecified atom stereocenters. The molecule has 0 heterocycles. The van der Waals surface area contributed by atoms with Crippen LogP contribution in [0.15, 0.2) is 17.3 Å². The van der Waals surface area contributed by atoms with Crippen molar-refractivity contribution < 1.29 is 5.21 Å². The van der Waals surface area contributed by atoms with Crippen LogP contribution in [0.1, 0.15) is 33.1 Å². The van der Waals surface area contributed by atoms with Crippen LogP contribution in [0.3, 0.4) is 0 Å². The molecule has 0 aromatic carbocycles. The van der Waals surface area contributed by atoms with Crippen LogP contribution in [0, 0.1) is 5.92 Å². The van der Waals surface area contributed by atoms with Gasteiger partial charge in [-0.25, -0.2) is 0 Å². The summed E-state index contributed by atoms with van der Waals surface area (Å²) in [5, 5.41) is 15.5. The monoisotopic (exact) mass is 196 g/mol. The van der Waals surface area contributed by atoms with E-state index in [1.165, 1.54) is 5.57 Å². The fourth-order valence-corrected chi connectivity index (χ4v) is 2.13. The summed E-state index contributed by atoms with van der Waals surface area (Å²) < 4.78 is 0. The third-order valence-electron chi connectivity index (χ3n) is 3.39. The lowest BCUT2D eigenvalue weighted by Crippen LogP contribution is -2.51. The molecule has 0 aliphatic heterocycles. The van der Waals surface area contributed by atoms with E-state index in [9.17, 15) is 0 Å². The van der Waals surface area contributed by atoms with Crippen LogP contribution < -0.4 is 5.32 Å². The van der Waals surface area contributed by atoms with Gasteiger partial charge in [-0.2, -0.15) is 0 Å². The van der Waals surface area contributed by atoms with E-state index < -0.39 is 0 Å². The molecule has 3 heteroatoms. The van der Waals surface area contributed by atoms with Gasteiger partial charge in [0.25, 0.3) is 0 Å². The van der Waals surface area contributed by atoms with Crippen molar-refractivity contribution in [3.63, 3.8) is 0 Å². The molecule has 0 bridgehead atoms. The van der Waals surface area contributed by atoms with E-state index in [1.807, 2.05) is 7.05 Å². The Labute approximate surface area is 85.9 Å². The largest absolute Gasteiger partial charge is 0.411 e. The lowest BCUT2D eigenvalue weighted by atomic mass is 9.73. The Morgan fingerprint density at radius 3 is 2.79 bits per heavy atom. The maximum Gasteiger partial charge on any atom is 0.0768 e. The fourth-order valence-electron chi connectivity index (χ4n) is 2.13. The minimum atomic E-state index is -0.170. The smallest absolute Gasteiger partial charge is 0.0768 e. The van der Waals surface area contributed by atoms with E-state index in [4.69, 9.17) is 5.21 Å². The van der Waals surface area contributed by atoms with E-state index in [2.05, 4.69) is 30.9 Å². The van der Waals surface area contributed by atoms with E-state index in [0.717, 1.165) is 25.0 Å². The van der Waals surface area contributed by atoms with Crippen molar-refractivity contribution >= 4 is 5.71 Å². The number of hydrogen-bond donors (Lipinski definition) is 2. The van der Waals surface area contributed by atoms with Crippen LogP contribution in [0.25, 0.3) is 0 Å². The first kappa shape index (κ1) is 11.2. The molecule has 2 atom stereocenters. The van der Waals surface area contributed by atoms with Gasteiger partial charge in [-0.15, -0.1) is 0 Å². The summed E-state index contributed by atoms with van der Waals surface area (Å²) >= 11 is 0. The quantitative estimate of drug-likeness (QED) is 0.404. The van der Waals surface area contributed by atoms with Gasteiger partial charge in [0.1, 0.15) is 0 Å². The van der Waals surface area contributed by atoms with Crippen LogP contribution in [0.2, 0.25) is 0 Å². The summed E-state index contributed by atoms with van der Waals surface area (Å²) in [6.45, 7) is 8.15. The normalized spacial score (nSPS) is 35.9. The van der Waals surface area contributed by atoms with Crippen molar-refractivity contribution in [3.05, 3.63) is 12.2 Å². The molecule has 0 aromatic rings. The van der Waals surface area contributed by atoms with Gasteiger partial charge in [0.15, 0.2) is 0 Å². The molecule has 1 saturated carbocycles. The highest BCUT2D eigenvalue weighted by molar-refractivity contribution is 5.93. The number of oxime groups is 1. The molecule has 14 heavy (non-hydrogen) atoms. The molecular formula is C11H20N2O. The predicted molar refractivity (Wildman–Crippen MR) is 58.8 cm³/mol. The lowest BCUT2D eigenvalue weighted by Gasteiger charge is -2.38. The zero-order chi connectivity index (χ0) is 10.8. The second-order valence-corrected chi connectivity index (χ2v) is 4.41. The van der Waals surface area contributed by atoms with E-state index in [-0.39, 0.29) is 5.54 Å². The Morgan fingerprint density at radius 2 is 2.36 bits per heavy atom. The van der Waals surface area contributed by atoms with Gasteiger partial charge in [-0.1, -0.05) is 17.3 Å². The molecular weight excluding hydrogens is 176 g/mol. The van der Waals surface area contributed by atoms with Crippen molar-refractivity contribution in [1.29, 1.82) is 0 Å². The lowest BCUT2D eigenvalue weighted by molar-refractivity contribution is 0.288. The van der Waals surface area contributed by atoms with Crippen LogP contribution in [0.5, 0.6) is 0 Å². The number of rotatable bonds is 2. The minimum absolute atomic E-state index is 0.170. The molecule has 1 fully saturated rings. The maximum absolute atomic E-state index is 8.91. The maximum atomic E-state index is 8.91. The minimum Gasteiger partial charge on any atom is -0.411 e. The first-order valence-corrected chi connectivity index (χ1v) is 5.09. The third kappa shape index (κ3) is 1.98. The molecule has 80 valence electrons. The Balaban J connectivity index is 2.83. The molecule has 0 saturated heterocycles. The molecule has 2 N–H and O–H groups in total. The summed E-state index contributed by atoms with van der Waals surface area (Å²) in [4.78, 5) is 0. The summed E-state index contributed by atoms with van der Waals surface area (Å²) in [5.74, 6) is 0.540. The molecule has 3 nitrogen and oxygen atoms in total. The predicted octanol–water partition coefficient (Wildman–Crippen LogP) is 2.17. The van der Waals surface area contributed by atoms with Crippen LogP contribution in [-0.2, 0) is 0 Å². The van der Waals surface area contributed by atoms with Crippen molar-refractivity contribution in [3.8, 4) is 0 Å². The summed E-state index contributed by atoms with van der Waals surface area (Å²) in [6.07, 6.45) is 2.87. The van der Waals surface area contributed by atoms with Gasteiger partial charge < -0.3 is 10.5 Å². The SMILES string of the molecule is C=C(C)C1CC/C(=N/O)C(C)(NC)C1. The average Bonchev–Trinajstić information content (AvgIpc) is 2.17. The molecule has 1 rings (SSSR count). The van der Waals surface area contributed by atoms with Gasteiger partial charge in [-0.05, 0) is 46.1 Å². The van der Waals surface area contributed by atoms with Gasteiger partial charge in [0.2, 0.25) is 0 Å². The van der Waals surface area contributed by atoms with Crippen LogP contribution in [-0.4, -0.2) is 23.5 Å². The van der Waals surface area contributed by atoms with Gasteiger partial charge in [0.05, 0.1) is 11.3 Å². The van der Waals surface area contributed by atoms with Crippen molar-refractivity contribution in [2.75, 3.05) is 7.05 Å². The van der Waals surface area contributed by atoms with Gasteiger partial charge in [0, 0.05) is 0 Å². The topological polar surface area (TPSA) is 44.6 Å². The zero-order valence-electron chi connectivity index (χ0n) is 9.30. The summed E-state index contributed by atoms with van der Waals surface area (Å²) in [7, 11) is 1.91. The Bertz CT molecular complexity index is 260. The highest BCUT2D eigenvalue weighted by atomic mass is 16.4. The summed E-state index contributed by atoms with van der Waals surface area (Å²) in [6, 6.07) is 0. The first-order valence-electron chi connectivity index (χ1n) is 5.09. The first-order chi connectivity index (χ1) is 6.53. The molecule has 0 radical (unpaired) electrons. The summed E-state index contributed by atoms with van der Waals surface area (Å²) in [5.41, 5.74) is 1.91. The molecule has 1 aliphatic rings. The van der Waals surface area contributed by atoms with Gasteiger partial charge >= 0.3 is 0 Å². The highest BCUT2D eigenvalue weighted by Crippen LogP contribution is 2.33. The zero-order valence-corrected chi connectivity index (χ0v) is 9.30. The molecule has 0 spiro atoms. The van der Waals surface area contributed by atoms with E-state index in [0.29, 0.717) is 5.92 Å². The molecule has 0 aromatic heterocycles. The fraction of sp³-hybridized carbons (Fsp3) is 0.727. The van der Waals surface area contributed by atoms with Crippen LogP contribution in [0.4, 0.5) is 0 Å². The molecule has 0 amide bonds. The second-order valence-electron chi connectivity index (χ2n) is 4.41. The number of hydrogen-bond acceptors (Lipinski definition) is 3. The Morgan fingerprint density at radius 1 is 1.71 bits per heavy atom. The van der Waals surface area contributed by atoms with Crippen molar-refractivity contribution in [1.82, 2.24) is 5.32 Å². The third-order valence-corrected chi connectivity index (χ3v) is 3.39. The Kier molecular flexibility index (Phi) is 3.32. The second kappa shape index (κ2) is 4.13. The average molecular weight is 196 g/mol. The van der Waals surface area contributed by atoms with E-state index in [1.54, 1.807) is 0 Å². The Hall–Kier alpha value is -0.830.